The van der Waals surface area contributed by atoms with Crippen LogP contribution in [0.25, 0.3) is 5.65 Å². The quantitative estimate of drug-likeness (QED) is 0.936. The number of rotatable bonds is 3. The first-order chi connectivity index (χ1) is 11.3. The highest BCUT2D eigenvalue weighted by Crippen LogP contribution is 2.20. The Hall–Kier alpha value is -2.31. The van der Waals surface area contributed by atoms with E-state index in [1.807, 2.05) is 46.3 Å². The van der Waals surface area contributed by atoms with Gasteiger partial charge in [0.1, 0.15) is 5.60 Å². The molecule has 1 N–H and O–H groups in total. The Kier molecular flexibility index (Phi) is 4.34. The van der Waals surface area contributed by atoms with Crippen LogP contribution in [0.4, 0.5) is 10.5 Å². The molecule has 24 heavy (non-hydrogen) atoms. The van der Waals surface area contributed by atoms with Crippen molar-refractivity contribution in [2.75, 3.05) is 25.0 Å². The van der Waals surface area contributed by atoms with Crippen LogP contribution in [0.3, 0.4) is 0 Å². The molecule has 0 radical (unpaired) electrons. The number of hydrogen-bond donors (Lipinski definition) is 1. The van der Waals surface area contributed by atoms with E-state index in [2.05, 4.69) is 15.4 Å². The van der Waals surface area contributed by atoms with Crippen LogP contribution in [0.5, 0.6) is 0 Å². The van der Waals surface area contributed by atoms with Gasteiger partial charge in [0.05, 0.1) is 24.3 Å². The number of nitrogens with one attached hydrogen (secondary N) is 1. The maximum Gasteiger partial charge on any atom is 0.410 e. The Labute approximate surface area is 142 Å². The van der Waals surface area contributed by atoms with Crippen LogP contribution in [-0.2, 0) is 4.74 Å². The van der Waals surface area contributed by atoms with Crippen molar-refractivity contribution in [2.24, 2.45) is 5.92 Å². The van der Waals surface area contributed by atoms with Crippen LogP contribution in [0.2, 0.25) is 0 Å². The molecule has 1 amide bonds. The number of nitrogens with zero attached hydrogens (tertiary/aromatic N) is 4. The van der Waals surface area contributed by atoms with Gasteiger partial charge in [0, 0.05) is 25.2 Å². The van der Waals surface area contributed by atoms with Crippen molar-refractivity contribution in [2.45, 2.75) is 39.7 Å². The second kappa shape index (κ2) is 6.30. The predicted octanol–water partition coefficient (Wildman–Crippen LogP) is 2.71. The van der Waals surface area contributed by atoms with E-state index in [1.54, 1.807) is 9.42 Å². The summed E-state index contributed by atoms with van der Waals surface area (Å²) < 4.78 is 7.21. The maximum absolute atomic E-state index is 12.1. The standard InChI is InChI=1S/C17H25N5O2/c1-12-7-20-22-11-14(9-19-15(12)22)18-8-13-5-6-21(10-13)16(23)24-17(2,3)4/h7,9,11,13,18H,5-6,8,10H2,1-4H3. The molecule has 0 spiro atoms. The lowest BCUT2D eigenvalue weighted by molar-refractivity contribution is 0.0289. The van der Waals surface area contributed by atoms with Crippen LogP contribution >= 0.6 is 0 Å². The first-order valence-corrected chi connectivity index (χ1v) is 8.33. The van der Waals surface area contributed by atoms with Crippen LogP contribution < -0.4 is 5.32 Å². The zero-order valence-corrected chi connectivity index (χ0v) is 14.7. The van der Waals surface area contributed by atoms with E-state index in [0.29, 0.717) is 5.92 Å². The summed E-state index contributed by atoms with van der Waals surface area (Å²) in [5.41, 5.74) is 2.42. The Morgan fingerprint density at radius 2 is 2.21 bits per heavy atom. The predicted molar refractivity (Wildman–Crippen MR) is 92.1 cm³/mol. The zero-order chi connectivity index (χ0) is 17.3. The third-order valence-corrected chi connectivity index (χ3v) is 4.07. The molecule has 1 aliphatic rings. The smallest absolute Gasteiger partial charge is 0.410 e. The lowest BCUT2D eigenvalue weighted by Gasteiger charge is -2.24. The summed E-state index contributed by atoms with van der Waals surface area (Å²) in [6, 6.07) is 0. The number of hydrogen-bond acceptors (Lipinski definition) is 5. The SMILES string of the molecule is Cc1cnn2cc(NCC3CCN(C(=O)OC(C)(C)C)C3)cnc12. The first kappa shape index (κ1) is 16.5. The zero-order valence-electron chi connectivity index (χ0n) is 14.7. The van der Waals surface area contributed by atoms with Crippen LogP contribution in [0, 0.1) is 12.8 Å². The van der Waals surface area contributed by atoms with E-state index in [-0.39, 0.29) is 6.09 Å². The molecule has 1 unspecified atom stereocenters. The van der Waals surface area contributed by atoms with Gasteiger partial charge in [-0.25, -0.2) is 14.3 Å². The molecule has 2 aromatic heterocycles. The van der Waals surface area contributed by atoms with Crippen molar-refractivity contribution in [3.05, 3.63) is 24.2 Å². The molecule has 0 bridgehead atoms. The normalized spacial score (nSPS) is 18.2. The molecule has 1 saturated heterocycles. The van der Waals surface area contributed by atoms with Crippen molar-refractivity contribution >= 4 is 17.4 Å². The molecule has 130 valence electrons. The lowest BCUT2D eigenvalue weighted by atomic mass is 10.1. The molecular formula is C17H25N5O2. The second-order valence-electron chi connectivity index (χ2n) is 7.40. The molecule has 0 saturated carbocycles. The molecule has 0 aliphatic carbocycles. The van der Waals surface area contributed by atoms with Gasteiger partial charge in [0.2, 0.25) is 0 Å². The molecule has 1 aliphatic heterocycles. The maximum atomic E-state index is 12.1. The van der Waals surface area contributed by atoms with Crippen LogP contribution in [-0.4, -0.2) is 50.8 Å². The molecule has 1 fully saturated rings. The van der Waals surface area contributed by atoms with Gasteiger partial charge in [0.15, 0.2) is 5.65 Å². The second-order valence-corrected chi connectivity index (χ2v) is 7.40. The average molecular weight is 331 g/mol. The number of amides is 1. The summed E-state index contributed by atoms with van der Waals surface area (Å²) in [4.78, 5) is 18.3. The van der Waals surface area contributed by atoms with Crippen molar-refractivity contribution in [1.29, 1.82) is 0 Å². The Balaban J connectivity index is 1.53. The van der Waals surface area contributed by atoms with Crippen molar-refractivity contribution in [1.82, 2.24) is 19.5 Å². The third-order valence-electron chi connectivity index (χ3n) is 4.07. The monoisotopic (exact) mass is 331 g/mol. The molecule has 1 atom stereocenters. The van der Waals surface area contributed by atoms with E-state index >= 15 is 0 Å². The summed E-state index contributed by atoms with van der Waals surface area (Å²) in [5.74, 6) is 0.410. The van der Waals surface area contributed by atoms with Gasteiger partial charge in [-0.15, -0.1) is 0 Å². The van der Waals surface area contributed by atoms with Crippen LogP contribution in [0.1, 0.15) is 32.8 Å². The Morgan fingerprint density at radius 1 is 1.42 bits per heavy atom. The Bertz CT molecular complexity index is 734. The number of carbonyl (C=O) groups is 1. The fourth-order valence-electron chi connectivity index (χ4n) is 2.84. The van der Waals surface area contributed by atoms with Gasteiger partial charge in [0.25, 0.3) is 0 Å². The molecule has 2 aromatic rings. The lowest BCUT2D eigenvalue weighted by Crippen LogP contribution is -2.35. The number of fused-ring (bicyclic) bond motifs is 1. The topological polar surface area (TPSA) is 71.8 Å². The van der Waals surface area contributed by atoms with Gasteiger partial charge in [-0.2, -0.15) is 5.10 Å². The minimum Gasteiger partial charge on any atom is -0.444 e. The summed E-state index contributed by atoms with van der Waals surface area (Å²) in [7, 11) is 0. The summed E-state index contributed by atoms with van der Waals surface area (Å²) >= 11 is 0. The summed E-state index contributed by atoms with van der Waals surface area (Å²) in [6.07, 6.45) is 6.32. The largest absolute Gasteiger partial charge is 0.444 e. The molecule has 0 aromatic carbocycles. The van der Waals surface area contributed by atoms with Crippen LogP contribution in [0.15, 0.2) is 18.6 Å². The number of carbonyl (C=O) groups excluding carboxylic acids is 1. The number of aryl methyl sites for hydroxylation is 1. The summed E-state index contributed by atoms with van der Waals surface area (Å²) in [5, 5.41) is 7.67. The number of anilines is 1. The van der Waals surface area contributed by atoms with Gasteiger partial charge >= 0.3 is 6.09 Å². The number of likely N-dealkylation sites (tertiary alicyclic amines) is 1. The summed E-state index contributed by atoms with van der Waals surface area (Å²) in [6.45, 7) is 9.93. The third kappa shape index (κ3) is 3.77. The fourth-order valence-corrected chi connectivity index (χ4v) is 2.84. The average Bonchev–Trinajstić information content (AvgIpc) is 3.11. The molecule has 7 heteroatoms. The Morgan fingerprint density at radius 3 is 2.96 bits per heavy atom. The van der Waals surface area contributed by atoms with Gasteiger partial charge in [-0.1, -0.05) is 0 Å². The number of ether oxygens (including phenoxy) is 1. The number of aromatic nitrogens is 3. The van der Waals surface area contributed by atoms with Gasteiger partial charge in [-0.3, -0.25) is 0 Å². The van der Waals surface area contributed by atoms with E-state index in [0.717, 1.165) is 43.0 Å². The fraction of sp³-hybridized carbons (Fsp3) is 0.588. The molecular weight excluding hydrogens is 306 g/mol. The minimum atomic E-state index is -0.448. The molecule has 3 heterocycles. The molecule has 3 rings (SSSR count). The highest BCUT2D eigenvalue weighted by Gasteiger charge is 2.29. The van der Waals surface area contributed by atoms with Gasteiger partial charge < -0.3 is 15.0 Å². The van der Waals surface area contributed by atoms with Crippen molar-refractivity contribution in [3.8, 4) is 0 Å². The van der Waals surface area contributed by atoms with Crippen molar-refractivity contribution in [3.63, 3.8) is 0 Å². The minimum absolute atomic E-state index is 0.222. The van der Waals surface area contributed by atoms with Gasteiger partial charge in [-0.05, 0) is 40.0 Å². The van der Waals surface area contributed by atoms with Crippen molar-refractivity contribution < 1.29 is 9.53 Å². The highest BCUT2D eigenvalue weighted by atomic mass is 16.6. The first-order valence-electron chi connectivity index (χ1n) is 8.33. The molecule has 7 nitrogen and oxygen atoms in total. The van der Waals surface area contributed by atoms with E-state index in [1.165, 1.54) is 0 Å². The van der Waals surface area contributed by atoms with E-state index < -0.39 is 5.60 Å². The van der Waals surface area contributed by atoms with E-state index in [9.17, 15) is 4.79 Å². The van der Waals surface area contributed by atoms with E-state index in [4.69, 9.17) is 4.74 Å². The highest BCUT2D eigenvalue weighted by molar-refractivity contribution is 5.68.